The molecule has 3 rings (SSSR count). The van der Waals surface area contributed by atoms with Gasteiger partial charge in [-0.3, -0.25) is 9.36 Å². The SMILES string of the molecule is C=C(C)c1c(-c2ccccc2)nc(SC)n(-c2ccc(C)cc2)c1=O. The summed E-state index contributed by atoms with van der Waals surface area (Å²) in [6.45, 7) is 7.89. The van der Waals surface area contributed by atoms with E-state index in [4.69, 9.17) is 4.98 Å². The summed E-state index contributed by atoms with van der Waals surface area (Å²) in [7, 11) is 0. The molecule has 0 bridgehead atoms. The predicted octanol–water partition coefficient (Wildman–Crippen LogP) is 4.96. The molecule has 0 saturated heterocycles. The van der Waals surface area contributed by atoms with Gasteiger partial charge in [-0.2, -0.15) is 0 Å². The smallest absolute Gasteiger partial charge is 0.266 e. The Balaban J connectivity index is 2.35. The molecule has 0 aliphatic heterocycles. The van der Waals surface area contributed by atoms with Crippen molar-refractivity contribution >= 4 is 17.3 Å². The molecule has 1 heterocycles. The molecule has 0 unspecified atom stereocenters. The molecule has 2 aromatic carbocycles. The van der Waals surface area contributed by atoms with Gasteiger partial charge in [-0.15, -0.1) is 0 Å². The molecule has 0 saturated carbocycles. The summed E-state index contributed by atoms with van der Waals surface area (Å²) >= 11 is 1.46. The van der Waals surface area contributed by atoms with Gasteiger partial charge >= 0.3 is 0 Å². The minimum Gasteiger partial charge on any atom is -0.268 e. The maximum Gasteiger partial charge on any atom is 0.266 e. The van der Waals surface area contributed by atoms with Gasteiger partial charge in [0.15, 0.2) is 5.16 Å². The first kappa shape index (κ1) is 17.2. The number of rotatable bonds is 4. The van der Waals surface area contributed by atoms with Crippen LogP contribution < -0.4 is 5.56 Å². The molecule has 4 heteroatoms. The number of hydrogen-bond donors (Lipinski definition) is 0. The highest BCUT2D eigenvalue weighted by atomic mass is 32.2. The first-order chi connectivity index (χ1) is 12.0. The highest BCUT2D eigenvalue weighted by Gasteiger charge is 2.19. The van der Waals surface area contributed by atoms with E-state index in [0.29, 0.717) is 22.0 Å². The van der Waals surface area contributed by atoms with E-state index < -0.39 is 0 Å². The first-order valence-electron chi connectivity index (χ1n) is 8.02. The molecular formula is C21H20N2OS. The highest BCUT2D eigenvalue weighted by Crippen LogP contribution is 2.27. The van der Waals surface area contributed by atoms with Crippen molar-refractivity contribution in [3.05, 3.63) is 82.7 Å². The number of aryl methyl sites for hydroxylation is 1. The molecule has 1 aromatic heterocycles. The lowest BCUT2D eigenvalue weighted by Crippen LogP contribution is -2.25. The second kappa shape index (κ2) is 7.11. The minimum atomic E-state index is -0.0884. The van der Waals surface area contributed by atoms with Gasteiger partial charge in [0.2, 0.25) is 0 Å². The molecule has 0 N–H and O–H groups in total. The van der Waals surface area contributed by atoms with Crippen LogP contribution in [0.1, 0.15) is 18.1 Å². The molecule has 126 valence electrons. The van der Waals surface area contributed by atoms with E-state index in [1.165, 1.54) is 11.8 Å². The Hall–Kier alpha value is -2.59. The van der Waals surface area contributed by atoms with Crippen LogP contribution in [0.15, 0.2) is 71.1 Å². The maximum absolute atomic E-state index is 13.3. The van der Waals surface area contributed by atoms with Gasteiger partial charge in [0.05, 0.1) is 16.9 Å². The quantitative estimate of drug-likeness (QED) is 0.493. The van der Waals surface area contributed by atoms with Crippen molar-refractivity contribution in [2.24, 2.45) is 0 Å². The van der Waals surface area contributed by atoms with Crippen LogP contribution in [0, 0.1) is 6.92 Å². The van der Waals surface area contributed by atoms with Crippen LogP contribution >= 0.6 is 11.8 Å². The van der Waals surface area contributed by atoms with Crippen LogP contribution in [0.2, 0.25) is 0 Å². The lowest BCUT2D eigenvalue weighted by Gasteiger charge is -2.16. The average molecular weight is 348 g/mol. The van der Waals surface area contributed by atoms with Crippen LogP contribution in [0.25, 0.3) is 22.5 Å². The maximum atomic E-state index is 13.3. The fourth-order valence-corrected chi connectivity index (χ4v) is 3.30. The Kier molecular flexibility index (Phi) is 4.91. The van der Waals surface area contributed by atoms with E-state index >= 15 is 0 Å². The number of nitrogens with zero attached hydrogens (tertiary/aromatic N) is 2. The van der Waals surface area contributed by atoms with Gasteiger partial charge in [-0.1, -0.05) is 66.4 Å². The molecule has 0 atom stereocenters. The third kappa shape index (κ3) is 3.30. The van der Waals surface area contributed by atoms with Crippen molar-refractivity contribution in [3.8, 4) is 16.9 Å². The van der Waals surface area contributed by atoms with E-state index in [0.717, 1.165) is 16.8 Å². The summed E-state index contributed by atoms with van der Waals surface area (Å²) in [6.07, 6.45) is 1.93. The zero-order chi connectivity index (χ0) is 18.0. The Labute approximate surface area is 152 Å². The van der Waals surface area contributed by atoms with Gasteiger partial charge in [0.1, 0.15) is 0 Å². The highest BCUT2D eigenvalue weighted by molar-refractivity contribution is 7.98. The van der Waals surface area contributed by atoms with Gasteiger partial charge < -0.3 is 0 Å². The third-order valence-corrected chi connectivity index (χ3v) is 4.64. The van der Waals surface area contributed by atoms with Crippen molar-refractivity contribution in [2.45, 2.75) is 19.0 Å². The van der Waals surface area contributed by atoms with E-state index in [9.17, 15) is 4.79 Å². The lowest BCUT2D eigenvalue weighted by molar-refractivity contribution is 0.796. The Bertz CT molecular complexity index is 973. The van der Waals surface area contributed by atoms with Gasteiger partial charge in [0, 0.05) is 5.56 Å². The zero-order valence-electron chi connectivity index (χ0n) is 14.6. The second-order valence-corrected chi connectivity index (χ2v) is 6.72. The summed E-state index contributed by atoms with van der Waals surface area (Å²) < 4.78 is 1.67. The van der Waals surface area contributed by atoms with Crippen molar-refractivity contribution < 1.29 is 0 Å². The van der Waals surface area contributed by atoms with Crippen LogP contribution in [0.3, 0.4) is 0 Å². The molecular weight excluding hydrogens is 328 g/mol. The molecule has 3 nitrogen and oxygen atoms in total. The molecule has 0 spiro atoms. The minimum absolute atomic E-state index is 0.0884. The van der Waals surface area contributed by atoms with Gasteiger partial charge in [-0.25, -0.2) is 4.98 Å². The number of benzene rings is 2. The van der Waals surface area contributed by atoms with Crippen molar-refractivity contribution in [1.29, 1.82) is 0 Å². The van der Waals surface area contributed by atoms with E-state index in [1.54, 1.807) is 4.57 Å². The summed E-state index contributed by atoms with van der Waals surface area (Å²) in [5, 5.41) is 0.665. The lowest BCUT2D eigenvalue weighted by atomic mass is 10.0. The van der Waals surface area contributed by atoms with Crippen LogP contribution in [0.5, 0.6) is 0 Å². The summed E-state index contributed by atoms with van der Waals surface area (Å²) in [5.74, 6) is 0. The van der Waals surface area contributed by atoms with Crippen LogP contribution in [0.4, 0.5) is 0 Å². The molecule has 0 amide bonds. The molecule has 0 fully saturated rings. The summed E-state index contributed by atoms with van der Waals surface area (Å²) in [5.41, 5.74) is 4.75. The molecule has 0 aliphatic rings. The Morgan fingerprint density at radius 3 is 2.28 bits per heavy atom. The van der Waals surface area contributed by atoms with Crippen molar-refractivity contribution in [1.82, 2.24) is 9.55 Å². The fourth-order valence-electron chi connectivity index (χ4n) is 2.75. The monoisotopic (exact) mass is 348 g/mol. The average Bonchev–Trinajstić information content (AvgIpc) is 2.62. The fraction of sp³-hybridized carbons (Fsp3) is 0.143. The van der Waals surface area contributed by atoms with E-state index in [1.807, 2.05) is 74.7 Å². The summed E-state index contributed by atoms with van der Waals surface area (Å²) in [4.78, 5) is 18.1. The predicted molar refractivity (Wildman–Crippen MR) is 106 cm³/mol. The Morgan fingerprint density at radius 2 is 1.72 bits per heavy atom. The molecule has 3 aromatic rings. The second-order valence-electron chi connectivity index (χ2n) is 5.94. The molecule has 0 radical (unpaired) electrons. The van der Waals surface area contributed by atoms with E-state index in [-0.39, 0.29) is 5.56 Å². The van der Waals surface area contributed by atoms with Crippen LogP contribution in [-0.4, -0.2) is 15.8 Å². The number of aromatic nitrogens is 2. The van der Waals surface area contributed by atoms with Gasteiger partial charge in [-0.05, 0) is 37.8 Å². The largest absolute Gasteiger partial charge is 0.268 e. The van der Waals surface area contributed by atoms with Crippen molar-refractivity contribution in [2.75, 3.05) is 6.26 Å². The Morgan fingerprint density at radius 1 is 1.08 bits per heavy atom. The summed E-state index contributed by atoms with van der Waals surface area (Å²) in [6, 6.07) is 17.7. The normalized spacial score (nSPS) is 10.7. The number of hydrogen-bond acceptors (Lipinski definition) is 3. The van der Waals surface area contributed by atoms with E-state index in [2.05, 4.69) is 6.58 Å². The topological polar surface area (TPSA) is 34.9 Å². The van der Waals surface area contributed by atoms with Crippen LogP contribution in [-0.2, 0) is 0 Å². The standard InChI is InChI=1S/C21H20N2OS/c1-14(2)18-19(16-8-6-5-7-9-16)22-21(25-4)23(20(18)24)17-12-10-15(3)11-13-17/h5-13H,1H2,2-4H3. The van der Waals surface area contributed by atoms with Gasteiger partial charge in [0.25, 0.3) is 5.56 Å². The first-order valence-corrected chi connectivity index (χ1v) is 9.24. The number of allylic oxidation sites excluding steroid dienone is 1. The molecule has 0 aliphatic carbocycles. The number of thioether (sulfide) groups is 1. The zero-order valence-corrected chi connectivity index (χ0v) is 15.4. The van der Waals surface area contributed by atoms with Crippen molar-refractivity contribution in [3.63, 3.8) is 0 Å². The third-order valence-electron chi connectivity index (χ3n) is 4.00. The molecule has 25 heavy (non-hydrogen) atoms.